The molecular formula is C18H27N3O4S. The molecule has 0 unspecified atom stereocenters. The van der Waals surface area contributed by atoms with Gasteiger partial charge in [0, 0.05) is 37.2 Å². The second-order valence-corrected chi connectivity index (χ2v) is 9.29. The summed E-state index contributed by atoms with van der Waals surface area (Å²) in [6.07, 6.45) is 1.10. The third-order valence-corrected chi connectivity index (χ3v) is 6.41. The van der Waals surface area contributed by atoms with Crippen molar-refractivity contribution in [1.29, 1.82) is 0 Å². The smallest absolute Gasteiger partial charge is 0.240 e. The zero-order valence-corrected chi connectivity index (χ0v) is 16.2. The van der Waals surface area contributed by atoms with Gasteiger partial charge in [0.25, 0.3) is 0 Å². The summed E-state index contributed by atoms with van der Waals surface area (Å²) in [4.78, 5) is 14.3. The lowest BCUT2D eigenvalue weighted by molar-refractivity contribution is -0.117. The average Bonchev–Trinajstić information content (AvgIpc) is 2.58. The number of hydrogen-bond donors (Lipinski definition) is 2. The first-order valence-corrected chi connectivity index (χ1v) is 10.5. The molecule has 0 aromatic heterocycles. The van der Waals surface area contributed by atoms with Gasteiger partial charge in [0.2, 0.25) is 15.9 Å². The zero-order chi connectivity index (χ0) is 18.8. The maximum atomic E-state index is 12.6. The number of rotatable bonds is 6. The van der Waals surface area contributed by atoms with Crippen molar-refractivity contribution >= 4 is 21.6 Å². The van der Waals surface area contributed by atoms with E-state index in [0.29, 0.717) is 18.7 Å². The fraction of sp³-hybridized carbons (Fsp3) is 0.611. The van der Waals surface area contributed by atoms with Gasteiger partial charge in [0.15, 0.2) is 0 Å². The summed E-state index contributed by atoms with van der Waals surface area (Å²) >= 11 is 0. The fourth-order valence-electron chi connectivity index (χ4n) is 3.47. The molecule has 0 bridgehead atoms. The van der Waals surface area contributed by atoms with Gasteiger partial charge in [-0.15, -0.1) is 0 Å². The number of ether oxygens (including phenoxy) is 1. The lowest BCUT2D eigenvalue weighted by Gasteiger charge is -2.32. The van der Waals surface area contributed by atoms with Gasteiger partial charge in [0.1, 0.15) is 0 Å². The summed E-state index contributed by atoms with van der Waals surface area (Å²) in [5.41, 5.74) is 1.16. The van der Waals surface area contributed by atoms with Gasteiger partial charge in [-0.25, -0.2) is 13.1 Å². The van der Waals surface area contributed by atoms with Crippen LogP contribution in [0.3, 0.4) is 0 Å². The topological polar surface area (TPSA) is 87.7 Å². The molecule has 0 aliphatic carbocycles. The Morgan fingerprint density at radius 1 is 1.27 bits per heavy atom. The number of fused-ring (bicyclic) bond motifs is 1. The van der Waals surface area contributed by atoms with Crippen LogP contribution in [0.2, 0.25) is 0 Å². The lowest BCUT2D eigenvalue weighted by Crippen LogP contribution is -2.38. The van der Waals surface area contributed by atoms with Gasteiger partial charge >= 0.3 is 0 Å². The molecule has 0 saturated carbocycles. The van der Waals surface area contributed by atoms with Gasteiger partial charge in [-0.1, -0.05) is 13.8 Å². The van der Waals surface area contributed by atoms with E-state index in [-0.39, 0.29) is 16.2 Å². The highest BCUT2D eigenvalue weighted by atomic mass is 32.2. The normalized spacial score (nSPS) is 20.5. The highest BCUT2D eigenvalue weighted by molar-refractivity contribution is 7.89. The van der Waals surface area contributed by atoms with Crippen LogP contribution in [0.4, 0.5) is 5.69 Å². The highest BCUT2D eigenvalue weighted by Crippen LogP contribution is 2.38. The number of carbonyl (C=O) groups excluding carboxylic acids is 1. The first kappa shape index (κ1) is 19.3. The summed E-state index contributed by atoms with van der Waals surface area (Å²) in [5.74, 6) is -0.0423. The van der Waals surface area contributed by atoms with Gasteiger partial charge in [-0.2, -0.15) is 0 Å². The third kappa shape index (κ3) is 4.43. The Bertz CT molecular complexity index is 771. The van der Waals surface area contributed by atoms with Crippen molar-refractivity contribution in [3.8, 4) is 0 Å². The Balaban J connectivity index is 1.63. The maximum absolute atomic E-state index is 12.6. The molecule has 0 spiro atoms. The van der Waals surface area contributed by atoms with Crippen LogP contribution in [0.5, 0.6) is 0 Å². The minimum atomic E-state index is -3.57. The van der Waals surface area contributed by atoms with Crippen LogP contribution >= 0.6 is 0 Å². The van der Waals surface area contributed by atoms with E-state index in [1.165, 1.54) is 0 Å². The number of anilines is 1. The Kier molecular flexibility index (Phi) is 5.67. The van der Waals surface area contributed by atoms with E-state index in [1.54, 1.807) is 18.2 Å². The zero-order valence-electron chi connectivity index (χ0n) is 15.4. The van der Waals surface area contributed by atoms with Gasteiger partial charge < -0.3 is 10.1 Å². The molecule has 1 aromatic carbocycles. The molecule has 3 rings (SSSR count). The Morgan fingerprint density at radius 2 is 2.00 bits per heavy atom. The molecule has 2 N–H and O–H groups in total. The Hall–Kier alpha value is -1.48. The molecule has 1 saturated heterocycles. The van der Waals surface area contributed by atoms with Crippen LogP contribution in [0.15, 0.2) is 23.1 Å². The van der Waals surface area contributed by atoms with Gasteiger partial charge in [0.05, 0.1) is 18.1 Å². The Labute approximate surface area is 155 Å². The van der Waals surface area contributed by atoms with Crippen LogP contribution in [0.1, 0.15) is 32.3 Å². The molecule has 1 fully saturated rings. The van der Waals surface area contributed by atoms with Crippen molar-refractivity contribution in [2.24, 2.45) is 0 Å². The third-order valence-electron chi connectivity index (χ3n) is 4.95. The van der Waals surface area contributed by atoms with Crippen LogP contribution < -0.4 is 10.0 Å². The summed E-state index contributed by atoms with van der Waals surface area (Å²) in [7, 11) is -3.57. The van der Waals surface area contributed by atoms with Crippen molar-refractivity contribution in [3.05, 3.63) is 23.8 Å². The van der Waals surface area contributed by atoms with Gasteiger partial charge in [-0.05, 0) is 36.7 Å². The number of hydrogen-bond acceptors (Lipinski definition) is 5. The summed E-state index contributed by atoms with van der Waals surface area (Å²) < 4.78 is 33.2. The molecule has 144 valence electrons. The molecule has 8 heteroatoms. The molecule has 0 radical (unpaired) electrons. The van der Waals surface area contributed by atoms with E-state index in [1.807, 2.05) is 13.8 Å². The molecular weight excluding hydrogens is 354 g/mol. The predicted molar refractivity (Wildman–Crippen MR) is 99.8 cm³/mol. The molecule has 26 heavy (non-hydrogen) atoms. The van der Waals surface area contributed by atoms with Crippen molar-refractivity contribution in [1.82, 2.24) is 9.62 Å². The van der Waals surface area contributed by atoms with Crippen molar-refractivity contribution in [3.63, 3.8) is 0 Å². The SMILES string of the molecule is CC1(C)CC(=O)Nc2ccc(S(=O)(=O)NCCCN3CCOCC3)cc21. The average molecular weight is 381 g/mol. The predicted octanol–water partition coefficient (Wildman–Crippen LogP) is 1.31. The van der Waals surface area contributed by atoms with Crippen LogP contribution in [-0.2, 0) is 25.0 Å². The first-order valence-electron chi connectivity index (χ1n) is 9.02. The van der Waals surface area contributed by atoms with E-state index in [4.69, 9.17) is 4.74 Å². The van der Waals surface area contributed by atoms with E-state index in [9.17, 15) is 13.2 Å². The number of benzene rings is 1. The van der Waals surface area contributed by atoms with Crippen molar-refractivity contribution < 1.29 is 17.9 Å². The number of nitrogens with zero attached hydrogens (tertiary/aromatic N) is 1. The van der Waals surface area contributed by atoms with Crippen molar-refractivity contribution in [2.45, 2.75) is 37.0 Å². The fourth-order valence-corrected chi connectivity index (χ4v) is 4.57. The minimum Gasteiger partial charge on any atom is -0.379 e. The quantitative estimate of drug-likeness (QED) is 0.726. The second kappa shape index (κ2) is 7.64. The molecule has 7 nitrogen and oxygen atoms in total. The van der Waals surface area contributed by atoms with E-state index >= 15 is 0 Å². The van der Waals surface area contributed by atoms with Crippen LogP contribution in [0, 0.1) is 0 Å². The summed E-state index contributed by atoms with van der Waals surface area (Å²) in [6, 6.07) is 4.90. The number of amides is 1. The van der Waals surface area contributed by atoms with Gasteiger partial charge in [-0.3, -0.25) is 9.69 Å². The number of carbonyl (C=O) groups is 1. The van der Waals surface area contributed by atoms with Crippen LogP contribution in [-0.4, -0.2) is 58.6 Å². The monoisotopic (exact) mass is 381 g/mol. The molecule has 1 amide bonds. The van der Waals surface area contributed by atoms with Crippen molar-refractivity contribution in [2.75, 3.05) is 44.7 Å². The lowest BCUT2D eigenvalue weighted by atomic mass is 9.78. The number of morpholine rings is 1. The van der Waals surface area contributed by atoms with E-state index in [0.717, 1.165) is 44.8 Å². The molecule has 2 heterocycles. The Morgan fingerprint density at radius 3 is 2.73 bits per heavy atom. The van der Waals surface area contributed by atoms with E-state index in [2.05, 4.69) is 14.9 Å². The molecule has 1 aromatic rings. The highest BCUT2D eigenvalue weighted by Gasteiger charge is 2.33. The maximum Gasteiger partial charge on any atom is 0.240 e. The first-order chi connectivity index (χ1) is 12.3. The summed E-state index contributed by atoms with van der Waals surface area (Å²) in [5, 5.41) is 2.81. The van der Waals surface area contributed by atoms with E-state index < -0.39 is 10.0 Å². The molecule has 2 aliphatic heterocycles. The number of nitrogens with one attached hydrogen (secondary N) is 2. The molecule has 2 aliphatic rings. The largest absolute Gasteiger partial charge is 0.379 e. The standard InChI is InChI=1S/C18H27N3O4S/c1-18(2)13-17(22)20-16-5-4-14(12-15(16)18)26(23,24)19-6-3-7-21-8-10-25-11-9-21/h4-5,12,19H,3,6-11,13H2,1-2H3,(H,20,22). The minimum absolute atomic E-state index is 0.0423. The summed E-state index contributed by atoms with van der Waals surface area (Å²) in [6.45, 7) is 8.45. The number of sulfonamides is 1. The molecule has 0 atom stereocenters. The van der Waals surface area contributed by atoms with Crippen LogP contribution in [0.25, 0.3) is 0 Å². The second-order valence-electron chi connectivity index (χ2n) is 7.52.